The maximum atomic E-state index is 6.16. The van der Waals surface area contributed by atoms with Crippen LogP contribution in [0.3, 0.4) is 0 Å². The number of aromatic nitrogens is 1. The minimum absolute atomic E-state index is 0.496. The fourth-order valence-corrected chi connectivity index (χ4v) is 2.06. The van der Waals surface area contributed by atoms with E-state index in [9.17, 15) is 0 Å². The number of anilines is 1. The Bertz CT molecular complexity index is 368. The first kappa shape index (κ1) is 15.3. The van der Waals surface area contributed by atoms with Gasteiger partial charge < -0.3 is 10.2 Å². The number of rotatable bonds is 7. The molecule has 4 heteroatoms. The summed E-state index contributed by atoms with van der Waals surface area (Å²) in [6.07, 6.45) is 4.10. The number of hydrogen-bond donors (Lipinski definition) is 1. The van der Waals surface area contributed by atoms with Gasteiger partial charge >= 0.3 is 0 Å². The van der Waals surface area contributed by atoms with Crippen LogP contribution in [0.2, 0.25) is 5.02 Å². The SMILES string of the molecule is CCCC(C)N(C)c1cc(CNCC)c(Cl)cn1. The Morgan fingerprint density at radius 2 is 2.17 bits per heavy atom. The first-order valence-corrected chi connectivity index (χ1v) is 7.05. The molecule has 1 atom stereocenters. The average Bonchev–Trinajstić information content (AvgIpc) is 2.37. The van der Waals surface area contributed by atoms with E-state index in [4.69, 9.17) is 11.6 Å². The second-order valence-corrected chi connectivity index (χ2v) is 5.07. The molecule has 0 aliphatic heterocycles. The van der Waals surface area contributed by atoms with Crippen LogP contribution in [0.15, 0.2) is 12.3 Å². The Hall–Kier alpha value is -0.800. The highest BCUT2D eigenvalue weighted by molar-refractivity contribution is 6.31. The number of nitrogens with one attached hydrogen (secondary N) is 1. The third kappa shape index (κ3) is 4.14. The van der Waals surface area contributed by atoms with E-state index in [2.05, 4.69) is 49.1 Å². The van der Waals surface area contributed by atoms with Crippen molar-refractivity contribution in [1.29, 1.82) is 0 Å². The van der Waals surface area contributed by atoms with Crippen LogP contribution in [0.5, 0.6) is 0 Å². The molecule has 1 heterocycles. The van der Waals surface area contributed by atoms with E-state index in [1.165, 1.54) is 12.8 Å². The second-order valence-electron chi connectivity index (χ2n) is 4.66. The van der Waals surface area contributed by atoms with Crippen molar-refractivity contribution in [3.8, 4) is 0 Å². The van der Waals surface area contributed by atoms with E-state index in [0.717, 1.165) is 29.5 Å². The van der Waals surface area contributed by atoms with E-state index >= 15 is 0 Å². The lowest BCUT2D eigenvalue weighted by Crippen LogP contribution is -2.29. The van der Waals surface area contributed by atoms with Crippen LogP contribution in [0.1, 0.15) is 39.2 Å². The van der Waals surface area contributed by atoms with Crippen molar-refractivity contribution < 1.29 is 0 Å². The third-order valence-corrected chi connectivity index (χ3v) is 3.56. The molecule has 0 saturated carbocycles. The number of halogens is 1. The first-order chi connectivity index (χ1) is 8.60. The average molecular weight is 270 g/mol. The van der Waals surface area contributed by atoms with Gasteiger partial charge in [0.15, 0.2) is 0 Å². The Morgan fingerprint density at radius 1 is 1.44 bits per heavy atom. The Balaban J connectivity index is 2.82. The molecule has 1 rings (SSSR count). The van der Waals surface area contributed by atoms with Crippen molar-refractivity contribution in [2.45, 2.75) is 46.2 Å². The van der Waals surface area contributed by atoms with Gasteiger partial charge in [0, 0.05) is 25.8 Å². The summed E-state index contributed by atoms with van der Waals surface area (Å²) >= 11 is 6.16. The smallest absolute Gasteiger partial charge is 0.128 e. The number of nitrogens with zero attached hydrogens (tertiary/aromatic N) is 2. The predicted octanol–water partition coefficient (Wildman–Crippen LogP) is 3.47. The summed E-state index contributed by atoms with van der Waals surface area (Å²) in [7, 11) is 2.09. The molecule has 3 nitrogen and oxygen atoms in total. The lowest BCUT2D eigenvalue weighted by atomic mass is 10.1. The Morgan fingerprint density at radius 3 is 2.78 bits per heavy atom. The molecule has 0 aromatic carbocycles. The maximum absolute atomic E-state index is 6.16. The zero-order chi connectivity index (χ0) is 13.5. The van der Waals surface area contributed by atoms with Crippen molar-refractivity contribution in [2.75, 3.05) is 18.5 Å². The van der Waals surface area contributed by atoms with Crippen LogP contribution >= 0.6 is 11.6 Å². The minimum atomic E-state index is 0.496. The van der Waals surface area contributed by atoms with Gasteiger partial charge in [0.2, 0.25) is 0 Å². The van der Waals surface area contributed by atoms with E-state index in [0.29, 0.717) is 6.04 Å². The summed E-state index contributed by atoms with van der Waals surface area (Å²) in [4.78, 5) is 6.63. The fraction of sp³-hybridized carbons (Fsp3) is 0.643. The van der Waals surface area contributed by atoms with E-state index in [1.807, 2.05) is 0 Å². The first-order valence-electron chi connectivity index (χ1n) is 6.68. The lowest BCUT2D eigenvalue weighted by Gasteiger charge is -2.26. The van der Waals surface area contributed by atoms with Gasteiger partial charge in [-0.15, -0.1) is 0 Å². The lowest BCUT2D eigenvalue weighted by molar-refractivity contribution is 0.610. The summed E-state index contributed by atoms with van der Waals surface area (Å²) in [5, 5.41) is 4.03. The van der Waals surface area contributed by atoms with E-state index < -0.39 is 0 Å². The molecule has 0 radical (unpaired) electrons. The van der Waals surface area contributed by atoms with Crippen LogP contribution in [0.25, 0.3) is 0 Å². The van der Waals surface area contributed by atoms with Crippen molar-refractivity contribution in [1.82, 2.24) is 10.3 Å². The molecule has 0 bridgehead atoms. The topological polar surface area (TPSA) is 28.2 Å². The molecular formula is C14H24ClN3. The van der Waals surface area contributed by atoms with Gasteiger partial charge in [-0.2, -0.15) is 0 Å². The largest absolute Gasteiger partial charge is 0.357 e. The van der Waals surface area contributed by atoms with Crippen molar-refractivity contribution in [3.05, 3.63) is 22.8 Å². The van der Waals surface area contributed by atoms with Gasteiger partial charge in [-0.3, -0.25) is 0 Å². The molecule has 0 aliphatic carbocycles. The molecule has 1 N–H and O–H groups in total. The zero-order valence-corrected chi connectivity index (χ0v) is 12.6. The molecule has 1 aromatic rings. The van der Waals surface area contributed by atoms with Gasteiger partial charge in [-0.1, -0.05) is 31.9 Å². The summed E-state index contributed by atoms with van der Waals surface area (Å²) in [5.74, 6) is 0.994. The fourth-order valence-electron chi connectivity index (χ4n) is 1.89. The zero-order valence-electron chi connectivity index (χ0n) is 11.8. The van der Waals surface area contributed by atoms with Crippen LogP contribution in [-0.4, -0.2) is 24.6 Å². The molecule has 1 aromatic heterocycles. The van der Waals surface area contributed by atoms with Gasteiger partial charge in [0.05, 0.1) is 5.02 Å². The summed E-state index contributed by atoms with van der Waals surface area (Å²) in [6.45, 7) is 8.25. The number of hydrogen-bond acceptors (Lipinski definition) is 3. The molecular weight excluding hydrogens is 246 g/mol. The van der Waals surface area contributed by atoms with Crippen molar-refractivity contribution >= 4 is 17.4 Å². The highest BCUT2D eigenvalue weighted by Gasteiger charge is 2.12. The van der Waals surface area contributed by atoms with Crippen LogP contribution in [0, 0.1) is 0 Å². The maximum Gasteiger partial charge on any atom is 0.128 e. The summed E-state index contributed by atoms with van der Waals surface area (Å²) < 4.78 is 0. The Labute approximate surface area is 116 Å². The van der Waals surface area contributed by atoms with Crippen LogP contribution < -0.4 is 10.2 Å². The molecule has 0 fully saturated rings. The quantitative estimate of drug-likeness (QED) is 0.822. The second kappa shape index (κ2) is 7.59. The number of pyridine rings is 1. The third-order valence-electron chi connectivity index (χ3n) is 3.21. The molecule has 102 valence electrons. The Kier molecular flexibility index (Phi) is 6.44. The summed E-state index contributed by atoms with van der Waals surface area (Å²) in [5.41, 5.74) is 1.11. The van der Waals surface area contributed by atoms with Crippen LogP contribution in [0.4, 0.5) is 5.82 Å². The molecule has 1 unspecified atom stereocenters. The molecule has 0 aliphatic rings. The molecule has 18 heavy (non-hydrogen) atoms. The van der Waals surface area contributed by atoms with E-state index in [-0.39, 0.29) is 0 Å². The normalized spacial score (nSPS) is 12.5. The minimum Gasteiger partial charge on any atom is -0.357 e. The van der Waals surface area contributed by atoms with Gasteiger partial charge in [-0.05, 0) is 31.5 Å². The highest BCUT2D eigenvalue weighted by atomic mass is 35.5. The van der Waals surface area contributed by atoms with Gasteiger partial charge in [-0.25, -0.2) is 4.98 Å². The van der Waals surface area contributed by atoms with Gasteiger partial charge in [0.1, 0.15) is 5.82 Å². The molecule has 0 spiro atoms. The van der Waals surface area contributed by atoms with Gasteiger partial charge in [0.25, 0.3) is 0 Å². The predicted molar refractivity (Wildman–Crippen MR) is 79.4 cm³/mol. The molecule has 0 amide bonds. The van der Waals surface area contributed by atoms with Crippen molar-refractivity contribution in [2.24, 2.45) is 0 Å². The van der Waals surface area contributed by atoms with Crippen LogP contribution in [-0.2, 0) is 6.54 Å². The standard InChI is InChI=1S/C14H24ClN3/c1-5-7-11(3)18(4)14-8-12(9-16-6-2)13(15)10-17-14/h8,10-11,16H,5-7,9H2,1-4H3. The molecule has 0 saturated heterocycles. The summed E-state index contributed by atoms with van der Waals surface area (Å²) in [6, 6.07) is 2.58. The monoisotopic (exact) mass is 269 g/mol. The van der Waals surface area contributed by atoms with Crippen molar-refractivity contribution in [3.63, 3.8) is 0 Å². The highest BCUT2D eigenvalue weighted by Crippen LogP contribution is 2.21. The van der Waals surface area contributed by atoms with E-state index in [1.54, 1.807) is 6.20 Å².